The van der Waals surface area contributed by atoms with Gasteiger partial charge in [-0.1, -0.05) is 18.2 Å². The molecule has 0 saturated carbocycles. The van der Waals surface area contributed by atoms with Crippen LogP contribution in [0.25, 0.3) is 28.1 Å². The van der Waals surface area contributed by atoms with Crippen molar-refractivity contribution < 1.29 is 4.92 Å². The van der Waals surface area contributed by atoms with E-state index in [1.165, 1.54) is 28.8 Å². The number of nitro benzene ring substituents is 1. The van der Waals surface area contributed by atoms with Gasteiger partial charge in [0.1, 0.15) is 11.2 Å². The standard InChI is InChI=1S/C19H12N4O3/c24-19-17(13-8-10-15(11-9-13)23(25)26)21-16-7-4-12-20-18(16)22(19)14-5-2-1-3-6-14/h1-12H. The van der Waals surface area contributed by atoms with Crippen LogP contribution in [0.15, 0.2) is 77.7 Å². The fraction of sp³-hybridized carbons (Fsp3) is 0. The van der Waals surface area contributed by atoms with Crippen LogP contribution in [0, 0.1) is 10.1 Å². The Morgan fingerprint density at radius 2 is 1.65 bits per heavy atom. The Bertz CT molecular complexity index is 1170. The van der Waals surface area contributed by atoms with E-state index in [0.29, 0.717) is 22.4 Å². The lowest BCUT2D eigenvalue weighted by atomic mass is 10.1. The van der Waals surface area contributed by atoms with Crippen molar-refractivity contribution in [2.75, 3.05) is 0 Å². The highest BCUT2D eigenvalue weighted by atomic mass is 16.6. The molecule has 0 fully saturated rings. The lowest BCUT2D eigenvalue weighted by Gasteiger charge is -2.11. The van der Waals surface area contributed by atoms with Crippen molar-refractivity contribution in [3.8, 4) is 16.9 Å². The van der Waals surface area contributed by atoms with Crippen LogP contribution in [-0.4, -0.2) is 19.5 Å². The van der Waals surface area contributed by atoms with Crippen LogP contribution in [0.4, 0.5) is 5.69 Å². The van der Waals surface area contributed by atoms with Crippen molar-refractivity contribution in [2.24, 2.45) is 0 Å². The van der Waals surface area contributed by atoms with Crippen LogP contribution in [0.2, 0.25) is 0 Å². The van der Waals surface area contributed by atoms with E-state index in [1.807, 2.05) is 30.3 Å². The van der Waals surface area contributed by atoms with Crippen LogP contribution in [-0.2, 0) is 0 Å². The van der Waals surface area contributed by atoms with E-state index in [9.17, 15) is 14.9 Å². The Morgan fingerprint density at radius 1 is 0.923 bits per heavy atom. The average Bonchev–Trinajstić information content (AvgIpc) is 2.68. The Kier molecular flexibility index (Phi) is 3.74. The summed E-state index contributed by atoms with van der Waals surface area (Å²) in [5.74, 6) is 0. The summed E-state index contributed by atoms with van der Waals surface area (Å²) in [4.78, 5) is 32.2. The van der Waals surface area contributed by atoms with E-state index in [0.717, 1.165) is 0 Å². The number of hydrogen-bond acceptors (Lipinski definition) is 5. The zero-order chi connectivity index (χ0) is 18.1. The predicted molar refractivity (Wildman–Crippen MR) is 97.2 cm³/mol. The molecule has 26 heavy (non-hydrogen) atoms. The van der Waals surface area contributed by atoms with Crippen molar-refractivity contribution in [3.05, 3.63) is 93.4 Å². The Labute approximate surface area is 147 Å². The van der Waals surface area contributed by atoms with Crippen molar-refractivity contribution in [1.29, 1.82) is 0 Å². The maximum atomic E-state index is 13.1. The van der Waals surface area contributed by atoms with Gasteiger partial charge in [-0.05, 0) is 36.4 Å². The number of para-hydroxylation sites is 1. The highest BCUT2D eigenvalue weighted by Gasteiger charge is 2.15. The summed E-state index contributed by atoms with van der Waals surface area (Å²) in [5, 5.41) is 10.8. The summed E-state index contributed by atoms with van der Waals surface area (Å²) in [6.07, 6.45) is 1.61. The molecule has 2 aromatic heterocycles. The largest absolute Gasteiger partial charge is 0.283 e. The minimum absolute atomic E-state index is 0.0420. The molecule has 0 aliphatic heterocycles. The van der Waals surface area contributed by atoms with Crippen molar-refractivity contribution in [3.63, 3.8) is 0 Å². The molecule has 0 N–H and O–H groups in total. The lowest BCUT2D eigenvalue weighted by molar-refractivity contribution is -0.384. The van der Waals surface area contributed by atoms with E-state index in [1.54, 1.807) is 18.3 Å². The van der Waals surface area contributed by atoms with Crippen LogP contribution in [0.5, 0.6) is 0 Å². The molecular formula is C19H12N4O3. The molecule has 7 nitrogen and oxygen atoms in total. The van der Waals surface area contributed by atoms with Gasteiger partial charge in [-0.15, -0.1) is 0 Å². The van der Waals surface area contributed by atoms with Crippen LogP contribution < -0.4 is 5.56 Å². The van der Waals surface area contributed by atoms with E-state index in [2.05, 4.69) is 9.97 Å². The first kappa shape index (κ1) is 15.6. The summed E-state index contributed by atoms with van der Waals surface area (Å²) in [5.41, 5.74) is 2.03. The van der Waals surface area contributed by atoms with Gasteiger partial charge in [0.25, 0.3) is 11.2 Å². The van der Waals surface area contributed by atoms with Crippen molar-refractivity contribution >= 4 is 16.9 Å². The fourth-order valence-electron chi connectivity index (χ4n) is 2.76. The van der Waals surface area contributed by atoms with Gasteiger partial charge in [0.15, 0.2) is 5.65 Å². The van der Waals surface area contributed by atoms with E-state index in [4.69, 9.17) is 0 Å². The number of hydrogen-bond donors (Lipinski definition) is 0. The first-order valence-corrected chi connectivity index (χ1v) is 7.83. The number of non-ortho nitro benzene ring substituents is 1. The highest BCUT2D eigenvalue weighted by molar-refractivity contribution is 5.76. The molecular weight excluding hydrogens is 332 g/mol. The number of pyridine rings is 1. The second-order valence-electron chi connectivity index (χ2n) is 5.59. The molecule has 2 aromatic carbocycles. The maximum absolute atomic E-state index is 13.1. The molecule has 126 valence electrons. The van der Waals surface area contributed by atoms with Crippen molar-refractivity contribution in [2.45, 2.75) is 0 Å². The van der Waals surface area contributed by atoms with Gasteiger partial charge in [-0.25, -0.2) is 9.97 Å². The van der Waals surface area contributed by atoms with Crippen LogP contribution in [0.3, 0.4) is 0 Å². The molecule has 4 rings (SSSR count). The smallest absolute Gasteiger partial charge is 0.266 e. The number of rotatable bonds is 3. The summed E-state index contributed by atoms with van der Waals surface area (Å²) in [7, 11) is 0. The Hall–Kier alpha value is -3.87. The number of fused-ring (bicyclic) bond motifs is 1. The van der Waals surface area contributed by atoms with E-state index in [-0.39, 0.29) is 16.9 Å². The van der Waals surface area contributed by atoms with Crippen LogP contribution >= 0.6 is 0 Å². The molecule has 0 saturated heterocycles. The Morgan fingerprint density at radius 3 is 2.35 bits per heavy atom. The number of aromatic nitrogens is 3. The number of benzene rings is 2. The average molecular weight is 344 g/mol. The summed E-state index contributed by atoms with van der Waals surface area (Å²) in [6.45, 7) is 0. The molecule has 0 bridgehead atoms. The van der Waals surface area contributed by atoms with Crippen LogP contribution in [0.1, 0.15) is 0 Å². The zero-order valence-corrected chi connectivity index (χ0v) is 13.4. The SMILES string of the molecule is O=c1c(-c2ccc([N+](=O)[O-])cc2)nc2cccnc2n1-c1ccccc1. The third-order valence-corrected chi connectivity index (χ3v) is 3.98. The first-order chi connectivity index (χ1) is 12.6. The second-order valence-corrected chi connectivity index (χ2v) is 5.59. The zero-order valence-electron chi connectivity index (χ0n) is 13.4. The van der Waals surface area contributed by atoms with E-state index >= 15 is 0 Å². The van der Waals surface area contributed by atoms with Gasteiger partial charge >= 0.3 is 0 Å². The number of nitro groups is 1. The van der Waals surface area contributed by atoms with Gasteiger partial charge in [-0.3, -0.25) is 19.5 Å². The molecule has 0 aliphatic carbocycles. The molecule has 0 unspecified atom stereocenters. The molecule has 7 heteroatoms. The predicted octanol–water partition coefficient (Wildman–Crippen LogP) is 3.36. The first-order valence-electron chi connectivity index (χ1n) is 7.83. The third kappa shape index (κ3) is 2.61. The minimum atomic E-state index is -0.482. The fourth-order valence-corrected chi connectivity index (χ4v) is 2.76. The number of nitrogens with zero attached hydrogens (tertiary/aromatic N) is 4. The van der Waals surface area contributed by atoms with Gasteiger partial charge in [0.2, 0.25) is 0 Å². The molecule has 0 spiro atoms. The molecule has 0 atom stereocenters. The lowest BCUT2D eigenvalue weighted by Crippen LogP contribution is -2.22. The van der Waals surface area contributed by atoms with Gasteiger partial charge in [0.05, 0.1) is 10.6 Å². The highest BCUT2D eigenvalue weighted by Crippen LogP contribution is 2.21. The normalized spacial score (nSPS) is 10.8. The summed E-state index contributed by atoms with van der Waals surface area (Å²) < 4.78 is 1.50. The Balaban J connectivity index is 2.01. The molecule has 0 amide bonds. The summed E-state index contributed by atoms with van der Waals surface area (Å²) >= 11 is 0. The van der Waals surface area contributed by atoms with Crippen molar-refractivity contribution in [1.82, 2.24) is 14.5 Å². The topological polar surface area (TPSA) is 90.9 Å². The third-order valence-electron chi connectivity index (χ3n) is 3.98. The van der Waals surface area contributed by atoms with Gasteiger partial charge in [0, 0.05) is 23.9 Å². The quantitative estimate of drug-likeness (QED) is 0.420. The molecule has 2 heterocycles. The maximum Gasteiger partial charge on any atom is 0.283 e. The van der Waals surface area contributed by atoms with Gasteiger partial charge in [-0.2, -0.15) is 0 Å². The van der Waals surface area contributed by atoms with E-state index < -0.39 is 4.92 Å². The monoisotopic (exact) mass is 344 g/mol. The molecule has 0 radical (unpaired) electrons. The summed E-state index contributed by atoms with van der Waals surface area (Å²) in [6, 6.07) is 18.5. The van der Waals surface area contributed by atoms with Gasteiger partial charge < -0.3 is 0 Å². The molecule has 4 aromatic rings. The second kappa shape index (κ2) is 6.21. The molecule has 0 aliphatic rings. The minimum Gasteiger partial charge on any atom is -0.266 e.